The Balaban J connectivity index is 1.26. The van der Waals surface area contributed by atoms with Gasteiger partial charge in [-0.1, -0.05) is 5.16 Å². The number of piperidine rings is 2. The van der Waals surface area contributed by atoms with Crippen molar-refractivity contribution in [3.05, 3.63) is 11.7 Å². The highest BCUT2D eigenvalue weighted by molar-refractivity contribution is 5.80. The molecule has 1 saturated carbocycles. The Morgan fingerprint density at radius 2 is 1.85 bits per heavy atom. The first-order valence-corrected chi connectivity index (χ1v) is 9.76. The predicted molar refractivity (Wildman–Crippen MR) is 93.2 cm³/mol. The third-order valence-corrected chi connectivity index (χ3v) is 5.89. The molecule has 2 aliphatic heterocycles. The van der Waals surface area contributed by atoms with Crippen molar-refractivity contribution < 1.29 is 14.1 Å². The summed E-state index contributed by atoms with van der Waals surface area (Å²) in [6.45, 7) is 2.66. The number of rotatable bonds is 4. The monoisotopic (exact) mass is 361 g/mol. The second kappa shape index (κ2) is 7.25. The van der Waals surface area contributed by atoms with Gasteiger partial charge < -0.3 is 20.1 Å². The van der Waals surface area contributed by atoms with Crippen LogP contribution in [0.1, 0.15) is 56.2 Å². The summed E-state index contributed by atoms with van der Waals surface area (Å²) in [5.74, 6) is 2.66. The minimum atomic E-state index is -0.424. The van der Waals surface area contributed by atoms with E-state index in [2.05, 4.69) is 10.1 Å². The first-order valence-electron chi connectivity index (χ1n) is 9.76. The number of urea groups is 1. The summed E-state index contributed by atoms with van der Waals surface area (Å²) in [6, 6.07) is -0.424. The zero-order chi connectivity index (χ0) is 18.1. The molecular weight excluding hydrogens is 334 g/mol. The molecule has 3 fully saturated rings. The Morgan fingerprint density at radius 3 is 2.54 bits per heavy atom. The van der Waals surface area contributed by atoms with Crippen LogP contribution in [0.15, 0.2) is 4.52 Å². The Hall–Kier alpha value is -2.12. The van der Waals surface area contributed by atoms with Gasteiger partial charge in [-0.2, -0.15) is 4.98 Å². The molecule has 3 heterocycles. The van der Waals surface area contributed by atoms with Gasteiger partial charge in [-0.25, -0.2) is 4.79 Å². The maximum absolute atomic E-state index is 12.8. The summed E-state index contributed by atoms with van der Waals surface area (Å²) < 4.78 is 5.33. The summed E-state index contributed by atoms with van der Waals surface area (Å²) in [5.41, 5.74) is 5.37. The van der Waals surface area contributed by atoms with Crippen molar-refractivity contribution in [2.75, 3.05) is 26.2 Å². The second-order valence-corrected chi connectivity index (χ2v) is 7.92. The van der Waals surface area contributed by atoms with Crippen molar-refractivity contribution in [2.45, 2.75) is 50.9 Å². The van der Waals surface area contributed by atoms with Gasteiger partial charge in [0, 0.05) is 38.5 Å². The summed E-state index contributed by atoms with van der Waals surface area (Å²) in [6.07, 6.45) is 6.77. The normalized spacial score (nSPS) is 24.7. The van der Waals surface area contributed by atoms with Gasteiger partial charge in [0.2, 0.25) is 11.8 Å². The summed E-state index contributed by atoms with van der Waals surface area (Å²) in [7, 11) is 0. The van der Waals surface area contributed by atoms with E-state index in [4.69, 9.17) is 10.3 Å². The Morgan fingerprint density at radius 1 is 1.08 bits per heavy atom. The number of nitrogens with zero attached hydrogens (tertiary/aromatic N) is 4. The Labute approximate surface area is 153 Å². The van der Waals surface area contributed by atoms with Crippen molar-refractivity contribution in [3.63, 3.8) is 0 Å². The van der Waals surface area contributed by atoms with Crippen LogP contribution in [0.4, 0.5) is 4.79 Å². The third kappa shape index (κ3) is 3.83. The standard InChI is InChI=1S/C18H27N5O3/c19-18(25)23-7-1-2-14(11-23)17(24)22-8-5-12(6-9-22)10-15-20-16(26-21-15)13-3-4-13/h12-14H,1-11H2,(H2,19,25)/t14-/m1/s1. The molecule has 1 aliphatic carbocycles. The van der Waals surface area contributed by atoms with E-state index in [1.54, 1.807) is 4.90 Å². The van der Waals surface area contributed by atoms with E-state index >= 15 is 0 Å². The zero-order valence-electron chi connectivity index (χ0n) is 15.1. The molecular formula is C18H27N5O3. The maximum atomic E-state index is 12.8. The number of primary amides is 1. The van der Waals surface area contributed by atoms with E-state index in [9.17, 15) is 9.59 Å². The number of aromatic nitrogens is 2. The highest BCUT2D eigenvalue weighted by atomic mass is 16.5. The van der Waals surface area contributed by atoms with E-state index in [-0.39, 0.29) is 11.8 Å². The molecule has 3 aliphatic rings. The molecule has 1 aromatic heterocycles. The van der Waals surface area contributed by atoms with Crippen molar-refractivity contribution in [1.82, 2.24) is 19.9 Å². The largest absolute Gasteiger partial charge is 0.351 e. The molecule has 0 spiro atoms. The van der Waals surface area contributed by atoms with Gasteiger partial charge in [-0.05, 0) is 44.4 Å². The van der Waals surface area contributed by atoms with Gasteiger partial charge in [0.15, 0.2) is 5.82 Å². The number of amides is 3. The summed E-state index contributed by atoms with van der Waals surface area (Å²) in [4.78, 5) is 32.2. The molecule has 142 valence electrons. The number of nitrogens with two attached hydrogens (primary N) is 1. The minimum Gasteiger partial charge on any atom is -0.351 e. The molecule has 0 bridgehead atoms. The number of hydrogen-bond acceptors (Lipinski definition) is 5. The van der Waals surface area contributed by atoms with Gasteiger partial charge in [0.25, 0.3) is 0 Å². The van der Waals surface area contributed by atoms with E-state index in [0.29, 0.717) is 24.9 Å². The third-order valence-electron chi connectivity index (χ3n) is 5.89. The zero-order valence-corrected chi connectivity index (χ0v) is 15.1. The SMILES string of the molecule is NC(=O)N1CCC[C@@H](C(=O)N2CCC(Cc3noc(C4CC4)n3)CC2)C1. The van der Waals surface area contributed by atoms with Crippen LogP contribution in [0.5, 0.6) is 0 Å². The smallest absolute Gasteiger partial charge is 0.314 e. The lowest BCUT2D eigenvalue weighted by Crippen LogP contribution is -2.49. The summed E-state index contributed by atoms with van der Waals surface area (Å²) in [5, 5.41) is 4.11. The fourth-order valence-corrected chi connectivity index (χ4v) is 4.10. The van der Waals surface area contributed by atoms with E-state index in [1.807, 2.05) is 4.90 Å². The van der Waals surface area contributed by atoms with Crippen LogP contribution < -0.4 is 5.73 Å². The minimum absolute atomic E-state index is 0.105. The van der Waals surface area contributed by atoms with Gasteiger partial charge in [0.1, 0.15) is 0 Å². The molecule has 8 heteroatoms. The molecule has 1 aromatic rings. The average molecular weight is 361 g/mol. The van der Waals surface area contributed by atoms with Gasteiger partial charge in [-0.15, -0.1) is 0 Å². The Bertz CT molecular complexity index is 664. The van der Waals surface area contributed by atoms with Crippen LogP contribution in [-0.2, 0) is 11.2 Å². The predicted octanol–water partition coefficient (Wildman–Crippen LogP) is 1.52. The molecule has 8 nitrogen and oxygen atoms in total. The summed E-state index contributed by atoms with van der Waals surface area (Å²) >= 11 is 0. The Kier molecular flexibility index (Phi) is 4.82. The van der Waals surface area contributed by atoms with Crippen molar-refractivity contribution in [1.29, 1.82) is 0 Å². The van der Waals surface area contributed by atoms with Crippen LogP contribution in [0.2, 0.25) is 0 Å². The topological polar surface area (TPSA) is 106 Å². The van der Waals surface area contributed by atoms with Gasteiger partial charge in [-0.3, -0.25) is 4.79 Å². The number of carbonyl (C=O) groups excluding carboxylic acids is 2. The van der Waals surface area contributed by atoms with Crippen LogP contribution in [0, 0.1) is 11.8 Å². The average Bonchev–Trinajstić information content (AvgIpc) is 3.41. The van der Waals surface area contributed by atoms with E-state index in [0.717, 1.165) is 69.8 Å². The van der Waals surface area contributed by atoms with Crippen LogP contribution in [-0.4, -0.2) is 58.1 Å². The van der Waals surface area contributed by atoms with Crippen molar-refractivity contribution in [2.24, 2.45) is 17.6 Å². The molecule has 2 N–H and O–H groups in total. The molecule has 26 heavy (non-hydrogen) atoms. The van der Waals surface area contributed by atoms with Gasteiger partial charge in [0.05, 0.1) is 5.92 Å². The lowest BCUT2D eigenvalue weighted by atomic mass is 9.91. The first kappa shape index (κ1) is 17.3. The second-order valence-electron chi connectivity index (χ2n) is 7.92. The number of likely N-dealkylation sites (tertiary alicyclic amines) is 2. The fourth-order valence-electron chi connectivity index (χ4n) is 4.10. The van der Waals surface area contributed by atoms with Gasteiger partial charge >= 0.3 is 6.03 Å². The molecule has 0 aromatic carbocycles. The van der Waals surface area contributed by atoms with E-state index < -0.39 is 6.03 Å². The number of hydrogen-bond donors (Lipinski definition) is 1. The van der Waals surface area contributed by atoms with Crippen molar-refractivity contribution >= 4 is 11.9 Å². The van der Waals surface area contributed by atoms with Crippen LogP contribution >= 0.6 is 0 Å². The highest BCUT2D eigenvalue weighted by Crippen LogP contribution is 2.39. The molecule has 0 unspecified atom stereocenters. The molecule has 0 radical (unpaired) electrons. The number of carbonyl (C=O) groups is 2. The lowest BCUT2D eigenvalue weighted by molar-refractivity contribution is -0.138. The van der Waals surface area contributed by atoms with Crippen LogP contribution in [0.25, 0.3) is 0 Å². The van der Waals surface area contributed by atoms with Crippen molar-refractivity contribution in [3.8, 4) is 0 Å². The maximum Gasteiger partial charge on any atom is 0.314 e. The molecule has 4 rings (SSSR count). The quantitative estimate of drug-likeness (QED) is 0.875. The first-order chi connectivity index (χ1) is 12.6. The molecule has 3 amide bonds. The molecule has 1 atom stereocenters. The fraction of sp³-hybridized carbons (Fsp3) is 0.778. The van der Waals surface area contributed by atoms with Crippen LogP contribution in [0.3, 0.4) is 0 Å². The highest BCUT2D eigenvalue weighted by Gasteiger charge is 2.33. The lowest BCUT2D eigenvalue weighted by Gasteiger charge is -2.37. The van der Waals surface area contributed by atoms with E-state index in [1.165, 1.54) is 0 Å². The molecule has 2 saturated heterocycles.